The van der Waals surface area contributed by atoms with Crippen molar-refractivity contribution in [1.82, 2.24) is 0 Å². The summed E-state index contributed by atoms with van der Waals surface area (Å²) >= 11 is 0. The summed E-state index contributed by atoms with van der Waals surface area (Å²) < 4.78 is 28.9. The van der Waals surface area contributed by atoms with Crippen LogP contribution in [0.3, 0.4) is 0 Å². The number of fused-ring (bicyclic) bond motifs is 3. The van der Waals surface area contributed by atoms with E-state index in [9.17, 15) is 8.42 Å². The lowest BCUT2D eigenvalue weighted by Crippen LogP contribution is -2.29. The number of anilines is 2. The van der Waals surface area contributed by atoms with Crippen LogP contribution >= 0.6 is 0 Å². The van der Waals surface area contributed by atoms with Crippen molar-refractivity contribution in [3.8, 4) is 0 Å². The van der Waals surface area contributed by atoms with Crippen molar-refractivity contribution in [1.29, 1.82) is 0 Å². The molecule has 1 aliphatic heterocycles. The molecule has 0 fully saturated rings. The zero-order valence-corrected chi connectivity index (χ0v) is 21.0. The van der Waals surface area contributed by atoms with E-state index in [0.717, 1.165) is 23.2 Å². The highest BCUT2D eigenvalue weighted by atomic mass is 32.2. The van der Waals surface area contributed by atoms with Crippen LogP contribution in [0.15, 0.2) is 83.8 Å². The zero-order valence-electron chi connectivity index (χ0n) is 20.2. The van der Waals surface area contributed by atoms with Gasteiger partial charge in [-0.2, -0.15) is 0 Å². The van der Waals surface area contributed by atoms with E-state index in [1.165, 1.54) is 11.1 Å². The Morgan fingerprint density at radius 3 is 2.32 bits per heavy atom. The molecule has 1 heterocycles. The van der Waals surface area contributed by atoms with Crippen LogP contribution in [0.1, 0.15) is 61.4 Å². The minimum Gasteiger partial charge on any atom is -0.378 e. The molecule has 0 saturated heterocycles. The van der Waals surface area contributed by atoms with Gasteiger partial charge in [0.05, 0.1) is 10.9 Å². The van der Waals surface area contributed by atoms with E-state index in [4.69, 9.17) is 0 Å². The van der Waals surface area contributed by atoms with Crippen molar-refractivity contribution in [3.63, 3.8) is 0 Å². The van der Waals surface area contributed by atoms with E-state index in [0.29, 0.717) is 16.5 Å². The first-order valence-electron chi connectivity index (χ1n) is 11.9. The van der Waals surface area contributed by atoms with Crippen molar-refractivity contribution in [2.45, 2.75) is 56.4 Å². The second-order valence-electron chi connectivity index (χ2n) is 10.6. The highest BCUT2D eigenvalue weighted by Gasteiger charge is 2.38. The van der Waals surface area contributed by atoms with Crippen molar-refractivity contribution in [2.75, 3.05) is 10.0 Å². The molecule has 3 aromatic rings. The Morgan fingerprint density at radius 1 is 0.941 bits per heavy atom. The molecule has 5 heteroatoms. The maximum atomic E-state index is 13.1. The summed E-state index contributed by atoms with van der Waals surface area (Å²) in [5, 5.41) is 3.72. The van der Waals surface area contributed by atoms with Crippen LogP contribution in [0, 0.1) is 12.8 Å². The largest absolute Gasteiger partial charge is 0.378 e. The lowest BCUT2D eigenvalue weighted by molar-refractivity contribution is 0.425. The first kappa shape index (κ1) is 22.7. The average molecular weight is 473 g/mol. The predicted molar refractivity (Wildman–Crippen MR) is 140 cm³/mol. The van der Waals surface area contributed by atoms with Gasteiger partial charge in [0.15, 0.2) is 0 Å². The van der Waals surface area contributed by atoms with E-state index in [1.807, 2.05) is 31.2 Å². The minimum absolute atomic E-state index is 0.122. The third-order valence-electron chi connectivity index (χ3n) is 7.08. The van der Waals surface area contributed by atoms with Crippen LogP contribution in [-0.2, 0) is 15.4 Å². The van der Waals surface area contributed by atoms with Gasteiger partial charge in [-0.15, -0.1) is 0 Å². The van der Waals surface area contributed by atoms with E-state index in [2.05, 4.69) is 67.2 Å². The van der Waals surface area contributed by atoms with Gasteiger partial charge >= 0.3 is 0 Å². The third kappa shape index (κ3) is 4.25. The second kappa shape index (κ2) is 8.31. The SMILES string of the molecule is Cc1ccc(NS(=O)(=O)c2ccc3c(c2)[C@H]2C=CC[C@H]2[C@@H](c2ccc(C(C)(C)C)cc2)N3)cc1. The normalized spacial score (nSPS) is 21.5. The average Bonchev–Trinajstić information content (AvgIpc) is 3.29. The Morgan fingerprint density at radius 2 is 1.65 bits per heavy atom. The molecule has 0 amide bonds. The summed E-state index contributed by atoms with van der Waals surface area (Å²) in [4.78, 5) is 0.292. The quantitative estimate of drug-likeness (QED) is 0.405. The number of nitrogens with one attached hydrogen (secondary N) is 2. The Bertz CT molecular complexity index is 1330. The van der Waals surface area contributed by atoms with E-state index in [1.54, 1.807) is 18.2 Å². The monoisotopic (exact) mass is 472 g/mol. The minimum atomic E-state index is -3.67. The highest BCUT2D eigenvalue weighted by Crippen LogP contribution is 2.50. The molecule has 3 aromatic carbocycles. The van der Waals surface area contributed by atoms with Crippen molar-refractivity contribution in [2.24, 2.45) is 5.92 Å². The maximum absolute atomic E-state index is 13.1. The topological polar surface area (TPSA) is 58.2 Å². The predicted octanol–water partition coefficient (Wildman–Crippen LogP) is 6.92. The van der Waals surface area contributed by atoms with Gasteiger partial charge in [-0.1, -0.05) is 74.9 Å². The van der Waals surface area contributed by atoms with Crippen LogP contribution in [-0.4, -0.2) is 8.42 Å². The van der Waals surface area contributed by atoms with Gasteiger partial charge in [0.2, 0.25) is 0 Å². The van der Waals surface area contributed by atoms with Crippen LogP contribution in [0.25, 0.3) is 0 Å². The molecule has 2 aliphatic rings. The van der Waals surface area contributed by atoms with Gasteiger partial charge in [-0.3, -0.25) is 4.72 Å². The molecule has 2 N–H and O–H groups in total. The van der Waals surface area contributed by atoms with Crippen molar-refractivity contribution >= 4 is 21.4 Å². The molecule has 176 valence electrons. The fourth-order valence-corrected chi connectivity index (χ4v) is 6.19. The molecular weight excluding hydrogens is 440 g/mol. The molecule has 4 nitrogen and oxygen atoms in total. The number of benzene rings is 3. The molecule has 5 rings (SSSR count). The number of aryl methyl sites for hydroxylation is 1. The Labute approximate surface area is 203 Å². The summed E-state index contributed by atoms with van der Waals surface area (Å²) in [6, 6.07) is 22.0. The molecule has 0 bridgehead atoms. The molecule has 0 radical (unpaired) electrons. The molecule has 0 saturated carbocycles. The van der Waals surface area contributed by atoms with Crippen LogP contribution < -0.4 is 10.0 Å². The zero-order chi connectivity index (χ0) is 24.1. The number of allylic oxidation sites excluding steroid dienone is 2. The number of sulfonamides is 1. The van der Waals surface area contributed by atoms with Gasteiger partial charge in [-0.25, -0.2) is 8.42 Å². The maximum Gasteiger partial charge on any atom is 0.261 e. The Kier molecular flexibility index (Phi) is 5.56. The standard InChI is InChI=1S/C29H32N2O2S/c1-19-8-14-22(15-9-19)31-34(32,33)23-16-17-27-26(18-23)24-6-5-7-25(24)28(30-27)20-10-12-21(13-11-20)29(2,3)4/h5-6,8-18,24-25,28,30-31H,7H2,1-4H3/t24-,25+,28+/m0/s1. The van der Waals surface area contributed by atoms with E-state index >= 15 is 0 Å². The lowest BCUT2D eigenvalue weighted by Gasteiger charge is -2.38. The van der Waals surface area contributed by atoms with Gasteiger partial charge in [0, 0.05) is 17.3 Å². The van der Waals surface area contributed by atoms with Gasteiger partial charge in [0.25, 0.3) is 10.0 Å². The first-order valence-corrected chi connectivity index (χ1v) is 13.4. The summed E-state index contributed by atoms with van der Waals surface area (Å²) in [6.45, 7) is 8.67. The Hall–Kier alpha value is -3.05. The second-order valence-corrected chi connectivity index (χ2v) is 12.3. The molecule has 3 atom stereocenters. The summed E-state index contributed by atoms with van der Waals surface area (Å²) in [5.74, 6) is 0.550. The highest BCUT2D eigenvalue weighted by molar-refractivity contribution is 7.92. The molecule has 0 aromatic heterocycles. The molecule has 34 heavy (non-hydrogen) atoms. The number of hydrogen-bond donors (Lipinski definition) is 2. The third-order valence-corrected chi connectivity index (χ3v) is 8.46. The van der Waals surface area contributed by atoms with Crippen molar-refractivity contribution in [3.05, 3.63) is 101 Å². The van der Waals surface area contributed by atoms with E-state index in [-0.39, 0.29) is 17.4 Å². The summed E-state index contributed by atoms with van der Waals surface area (Å²) in [6.07, 6.45) is 5.44. The fourth-order valence-electron chi connectivity index (χ4n) is 5.10. The molecular formula is C29H32N2O2S. The first-order chi connectivity index (χ1) is 16.1. The number of rotatable bonds is 4. The van der Waals surface area contributed by atoms with Crippen LogP contribution in [0.4, 0.5) is 11.4 Å². The summed E-state index contributed by atoms with van der Waals surface area (Å²) in [7, 11) is -3.67. The lowest BCUT2D eigenvalue weighted by atomic mass is 9.76. The molecule has 0 unspecified atom stereocenters. The van der Waals surface area contributed by atoms with Gasteiger partial charge in [-0.05, 0) is 71.7 Å². The molecule has 0 spiro atoms. The number of hydrogen-bond acceptors (Lipinski definition) is 3. The molecule has 1 aliphatic carbocycles. The van der Waals surface area contributed by atoms with Gasteiger partial charge in [0.1, 0.15) is 0 Å². The van der Waals surface area contributed by atoms with E-state index < -0.39 is 10.0 Å². The van der Waals surface area contributed by atoms with Crippen molar-refractivity contribution < 1.29 is 8.42 Å². The summed E-state index contributed by atoms with van der Waals surface area (Å²) in [5.41, 5.74) is 6.43. The Balaban J connectivity index is 1.45. The van der Waals surface area contributed by atoms with Crippen LogP contribution in [0.5, 0.6) is 0 Å². The van der Waals surface area contributed by atoms with Gasteiger partial charge < -0.3 is 5.32 Å². The van der Waals surface area contributed by atoms with Crippen LogP contribution in [0.2, 0.25) is 0 Å². The fraction of sp³-hybridized carbons (Fsp3) is 0.310. The smallest absolute Gasteiger partial charge is 0.261 e.